The number of hydrazone groups is 1. The first kappa shape index (κ1) is 9.37. The lowest BCUT2D eigenvalue weighted by Gasteiger charge is -1.99. The minimum atomic E-state index is 0.0939. The fourth-order valence-electron chi connectivity index (χ4n) is 0.394. The van der Waals surface area contributed by atoms with E-state index in [0.717, 1.165) is 12.4 Å². The van der Waals surface area contributed by atoms with E-state index in [1.54, 1.807) is 0 Å². The molecule has 0 radical (unpaired) electrons. The molecule has 0 fully saturated rings. The molecule has 0 saturated heterocycles. The molecule has 0 unspecified atom stereocenters. The Hall–Kier alpha value is -1.63. The topological polar surface area (TPSA) is 115 Å². The van der Waals surface area contributed by atoms with Gasteiger partial charge >= 0.3 is 0 Å². The van der Waals surface area contributed by atoms with Crippen molar-refractivity contribution in [1.82, 2.24) is 5.43 Å². The second kappa shape index (κ2) is 5.18. The number of halogens is 1. The Balaban J connectivity index is 4.52. The van der Waals surface area contributed by atoms with E-state index >= 15 is 0 Å². The van der Waals surface area contributed by atoms with Crippen molar-refractivity contribution in [3.63, 3.8) is 0 Å². The zero-order valence-electron chi connectivity index (χ0n) is 5.66. The number of hydrazine groups is 1. The van der Waals surface area contributed by atoms with Crippen LogP contribution in [0, 0.1) is 0 Å². The molecule has 0 aliphatic heterocycles. The van der Waals surface area contributed by atoms with Gasteiger partial charge in [0.05, 0.1) is 23.8 Å². The minimum absolute atomic E-state index is 0.0939. The SMILES string of the molecule is NN=CC(N)=C(C=NF)NN. The van der Waals surface area contributed by atoms with Crippen LogP contribution in [0.25, 0.3) is 0 Å². The van der Waals surface area contributed by atoms with Gasteiger partial charge in [0.25, 0.3) is 0 Å². The normalized spacial score (nSPS) is 14.0. The molecule has 0 spiro atoms. The lowest BCUT2D eigenvalue weighted by Crippen LogP contribution is -2.26. The third-order valence-electron chi connectivity index (χ3n) is 0.858. The summed E-state index contributed by atoms with van der Waals surface area (Å²) >= 11 is 0. The van der Waals surface area contributed by atoms with Crippen molar-refractivity contribution in [2.45, 2.75) is 0 Å². The van der Waals surface area contributed by atoms with E-state index in [2.05, 4.69) is 15.7 Å². The van der Waals surface area contributed by atoms with E-state index in [4.69, 9.17) is 17.4 Å². The zero-order chi connectivity index (χ0) is 8.69. The van der Waals surface area contributed by atoms with Gasteiger partial charge in [0.15, 0.2) is 0 Å². The number of rotatable bonds is 3. The largest absolute Gasteiger partial charge is 0.396 e. The van der Waals surface area contributed by atoms with Crippen LogP contribution in [0.2, 0.25) is 0 Å². The van der Waals surface area contributed by atoms with Gasteiger partial charge in [0.2, 0.25) is 0 Å². The summed E-state index contributed by atoms with van der Waals surface area (Å²) in [6.07, 6.45) is 1.91. The van der Waals surface area contributed by atoms with Crippen molar-refractivity contribution in [3.8, 4) is 0 Å². The minimum Gasteiger partial charge on any atom is -0.396 e. The van der Waals surface area contributed by atoms with Gasteiger partial charge in [-0.1, -0.05) is 9.70 Å². The summed E-state index contributed by atoms with van der Waals surface area (Å²) in [6.45, 7) is 0. The molecule has 7 heteroatoms. The number of nitrogens with two attached hydrogens (primary N) is 3. The highest BCUT2D eigenvalue weighted by atomic mass is 19.2. The smallest absolute Gasteiger partial charge is 0.0944 e. The highest BCUT2D eigenvalue weighted by Gasteiger charge is 1.94. The van der Waals surface area contributed by atoms with E-state index in [1.807, 2.05) is 0 Å². The van der Waals surface area contributed by atoms with Crippen LogP contribution in [0.1, 0.15) is 0 Å². The highest BCUT2D eigenvalue weighted by Crippen LogP contribution is 1.86. The Kier molecular flexibility index (Phi) is 4.41. The second-order valence-corrected chi connectivity index (χ2v) is 1.52. The molecule has 0 atom stereocenters. The molecule has 0 aliphatic carbocycles. The molecule has 0 bridgehead atoms. The van der Waals surface area contributed by atoms with E-state index in [0.29, 0.717) is 0 Å². The molecule has 0 aromatic carbocycles. The number of hydrogen-bond acceptors (Lipinski definition) is 6. The fourth-order valence-corrected chi connectivity index (χ4v) is 0.394. The van der Waals surface area contributed by atoms with Gasteiger partial charge in [0, 0.05) is 0 Å². The molecular weight excluding hydrogens is 151 g/mol. The maximum Gasteiger partial charge on any atom is 0.0944 e. The first-order valence-electron chi connectivity index (χ1n) is 2.60. The summed E-state index contributed by atoms with van der Waals surface area (Å²) in [6, 6.07) is 0. The quantitative estimate of drug-likeness (QED) is 0.229. The van der Waals surface area contributed by atoms with Crippen LogP contribution in [0.4, 0.5) is 4.48 Å². The average molecular weight is 160 g/mol. The Morgan fingerprint density at radius 3 is 2.45 bits per heavy atom. The molecular formula is C4H9FN6. The Bertz CT molecular complexity index is 195. The first-order valence-corrected chi connectivity index (χ1v) is 2.60. The van der Waals surface area contributed by atoms with Crippen LogP contribution in [0.3, 0.4) is 0 Å². The maximum atomic E-state index is 11.3. The maximum absolute atomic E-state index is 11.3. The fraction of sp³-hybridized carbons (Fsp3) is 0. The van der Waals surface area contributed by atoms with Gasteiger partial charge in [-0.3, -0.25) is 5.84 Å². The van der Waals surface area contributed by atoms with Gasteiger partial charge in [-0.25, -0.2) is 0 Å². The molecule has 0 aromatic heterocycles. The number of allylic oxidation sites excluding steroid dienone is 2. The van der Waals surface area contributed by atoms with E-state index < -0.39 is 0 Å². The van der Waals surface area contributed by atoms with Gasteiger partial charge in [-0.05, 0) is 0 Å². The average Bonchev–Trinajstić information content (AvgIpc) is 2.00. The Morgan fingerprint density at radius 1 is 1.45 bits per heavy atom. The van der Waals surface area contributed by atoms with Crippen molar-refractivity contribution >= 4 is 12.4 Å². The predicted molar refractivity (Wildman–Crippen MR) is 40.8 cm³/mol. The van der Waals surface area contributed by atoms with Crippen LogP contribution in [0.15, 0.2) is 21.7 Å². The zero-order valence-corrected chi connectivity index (χ0v) is 5.66. The highest BCUT2D eigenvalue weighted by molar-refractivity contribution is 5.89. The van der Waals surface area contributed by atoms with Crippen molar-refractivity contribution < 1.29 is 4.48 Å². The van der Waals surface area contributed by atoms with Crippen LogP contribution in [-0.2, 0) is 0 Å². The summed E-state index contributed by atoms with van der Waals surface area (Å²) in [4.78, 5) is 0. The van der Waals surface area contributed by atoms with Gasteiger partial charge in [-0.15, -0.1) is 0 Å². The lowest BCUT2D eigenvalue weighted by molar-refractivity contribution is 0.540. The molecule has 7 N–H and O–H groups in total. The summed E-state index contributed by atoms with van der Waals surface area (Å²) in [7, 11) is 0. The summed E-state index contributed by atoms with van der Waals surface area (Å²) in [5, 5.41) is 5.30. The van der Waals surface area contributed by atoms with Gasteiger partial charge in [0.1, 0.15) is 0 Å². The Morgan fingerprint density at radius 2 is 2.09 bits per heavy atom. The number of nitrogens with zero attached hydrogens (tertiary/aromatic N) is 2. The summed E-state index contributed by atoms with van der Waals surface area (Å²) < 4.78 is 11.3. The third kappa shape index (κ3) is 3.16. The molecule has 0 heterocycles. The third-order valence-corrected chi connectivity index (χ3v) is 0.858. The van der Waals surface area contributed by atoms with Crippen molar-refractivity contribution in [1.29, 1.82) is 0 Å². The monoisotopic (exact) mass is 160 g/mol. The molecule has 0 aromatic rings. The van der Waals surface area contributed by atoms with Gasteiger partial charge < -0.3 is 17.0 Å². The van der Waals surface area contributed by atoms with Crippen molar-refractivity contribution in [2.75, 3.05) is 0 Å². The number of hydrogen-bond donors (Lipinski definition) is 4. The molecule has 0 amide bonds. The molecule has 11 heavy (non-hydrogen) atoms. The predicted octanol–water partition coefficient (Wildman–Crippen LogP) is -1.48. The van der Waals surface area contributed by atoms with Crippen molar-refractivity contribution in [3.05, 3.63) is 11.4 Å². The van der Waals surface area contributed by atoms with Crippen LogP contribution in [-0.4, -0.2) is 12.4 Å². The molecule has 62 valence electrons. The summed E-state index contributed by atoms with van der Waals surface area (Å²) in [5.74, 6) is 9.71. The molecule has 0 rings (SSSR count). The van der Waals surface area contributed by atoms with Crippen LogP contribution < -0.4 is 22.8 Å². The Labute approximate surface area is 62.5 Å². The van der Waals surface area contributed by atoms with E-state index in [-0.39, 0.29) is 11.4 Å². The van der Waals surface area contributed by atoms with Crippen molar-refractivity contribution in [2.24, 2.45) is 27.7 Å². The molecule has 0 saturated carbocycles. The van der Waals surface area contributed by atoms with E-state index in [1.165, 1.54) is 0 Å². The van der Waals surface area contributed by atoms with E-state index in [9.17, 15) is 4.48 Å². The first-order chi connectivity index (χ1) is 5.26. The van der Waals surface area contributed by atoms with Crippen LogP contribution >= 0.6 is 0 Å². The van der Waals surface area contributed by atoms with Crippen LogP contribution in [0.5, 0.6) is 0 Å². The molecule has 0 aliphatic rings. The molecule has 6 nitrogen and oxygen atoms in total. The lowest BCUT2D eigenvalue weighted by atomic mass is 10.4. The standard InChI is InChI=1S/C4H9FN6/c5-9-2-4(11-8)3(6)1-10-7/h1-2,11H,6-8H2. The number of nitrogens with one attached hydrogen (secondary N) is 1. The second-order valence-electron chi connectivity index (χ2n) is 1.52. The summed E-state index contributed by atoms with van der Waals surface area (Å²) in [5.41, 5.74) is 7.57. The van der Waals surface area contributed by atoms with Gasteiger partial charge in [-0.2, -0.15) is 5.10 Å².